The van der Waals surface area contributed by atoms with Gasteiger partial charge in [-0.1, -0.05) is 6.92 Å². The lowest BCUT2D eigenvalue weighted by Gasteiger charge is -2.10. The van der Waals surface area contributed by atoms with Crippen LogP contribution in [0, 0.1) is 3.57 Å². The molecule has 0 saturated carbocycles. The third-order valence-electron chi connectivity index (χ3n) is 2.05. The Kier molecular flexibility index (Phi) is 4.72. The van der Waals surface area contributed by atoms with Gasteiger partial charge in [-0.15, -0.1) is 0 Å². The molecule has 13 heavy (non-hydrogen) atoms. The van der Waals surface area contributed by atoms with E-state index in [4.69, 9.17) is 0 Å². The molecule has 0 aromatic carbocycles. The molecule has 1 aromatic heterocycles. The van der Waals surface area contributed by atoms with Gasteiger partial charge < -0.3 is 5.32 Å². The van der Waals surface area contributed by atoms with Crippen LogP contribution < -0.4 is 5.32 Å². The van der Waals surface area contributed by atoms with Crippen LogP contribution in [0.25, 0.3) is 0 Å². The maximum atomic E-state index is 4.21. The molecule has 0 aliphatic carbocycles. The topological polar surface area (TPSA) is 29.9 Å². The van der Waals surface area contributed by atoms with Crippen molar-refractivity contribution in [2.45, 2.75) is 32.9 Å². The molecule has 1 heterocycles. The Morgan fingerprint density at radius 1 is 1.69 bits per heavy atom. The molecule has 0 amide bonds. The fraction of sp³-hybridized carbons (Fsp3) is 0.667. The van der Waals surface area contributed by atoms with E-state index in [1.54, 1.807) is 0 Å². The van der Waals surface area contributed by atoms with E-state index in [1.165, 1.54) is 9.99 Å². The smallest absolute Gasteiger partial charge is 0.0623 e. The molecule has 3 nitrogen and oxygen atoms in total. The van der Waals surface area contributed by atoms with Crippen molar-refractivity contribution in [3.8, 4) is 0 Å². The Hall–Kier alpha value is -0.100. The number of nitrogens with one attached hydrogen (secondary N) is 1. The Labute approximate surface area is 93.0 Å². The first-order valence-corrected chi connectivity index (χ1v) is 5.71. The zero-order valence-electron chi connectivity index (χ0n) is 8.13. The lowest BCUT2D eigenvalue weighted by Crippen LogP contribution is -2.28. The molecule has 0 spiro atoms. The van der Waals surface area contributed by atoms with Gasteiger partial charge in [-0.05, 0) is 35.9 Å². The number of hydrogen-bond acceptors (Lipinski definition) is 2. The molecule has 1 unspecified atom stereocenters. The third-order valence-corrected chi connectivity index (χ3v) is 2.60. The van der Waals surface area contributed by atoms with E-state index >= 15 is 0 Å². The molecule has 4 heteroatoms. The standard InChI is InChI=1S/C9H16IN3/c1-3-8(2)11-4-5-13-7-9(10)6-12-13/h6-8,11H,3-5H2,1-2H3. The van der Waals surface area contributed by atoms with Crippen LogP contribution in [0.15, 0.2) is 12.4 Å². The molecule has 1 atom stereocenters. The van der Waals surface area contributed by atoms with Gasteiger partial charge in [-0.2, -0.15) is 5.10 Å². The average molecular weight is 293 g/mol. The average Bonchev–Trinajstić information content (AvgIpc) is 2.51. The van der Waals surface area contributed by atoms with Gasteiger partial charge >= 0.3 is 0 Å². The first kappa shape index (κ1) is 11.0. The highest BCUT2D eigenvalue weighted by Gasteiger charge is 1.97. The van der Waals surface area contributed by atoms with Crippen molar-refractivity contribution in [1.29, 1.82) is 0 Å². The summed E-state index contributed by atoms with van der Waals surface area (Å²) in [6.45, 7) is 6.33. The van der Waals surface area contributed by atoms with E-state index in [0.717, 1.165) is 13.1 Å². The van der Waals surface area contributed by atoms with Crippen LogP contribution in [0.1, 0.15) is 20.3 Å². The molecule has 0 fully saturated rings. The van der Waals surface area contributed by atoms with E-state index < -0.39 is 0 Å². The van der Waals surface area contributed by atoms with Crippen LogP contribution in [0.5, 0.6) is 0 Å². The number of rotatable bonds is 5. The summed E-state index contributed by atoms with van der Waals surface area (Å²) in [7, 11) is 0. The molecule has 1 rings (SSSR count). The Morgan fingerprint density at radius 2 is 2.46 bits per heavy atom. The molecule has 0 radical (unpaired) electrons. The molecule has 0 bridgehead atoms. The normalized spacial score (nSPS) is 13.2. The maximum absolute atomic E-state index is 4.21. The summed E-state index contributed by atoms with van der Waals surface area (Å²) in [6.07, 6.45) is 5.11. The van der Waals surface area contributed by atoms with Gasteiger partial charge in [-0.3, -0.25) is 4.68 Å². The van der Waals surface area contributed by atoms with Gasteiger partial charge in [0.05, 0.1) is 16.3 Å². The molecule has 0 aliphatic rings. The first-order valence-electron chi connectivity index (χ1n) is 4.63. The quantitative estimate of drug-likeness (QED) is 0.840. The molecular weight excluding hydrogens is 277 g/mol. The Bertz CT molecular complexity index is 247. The fourth-order valence-electron chi connectivity index (χ4n) is 1.03. The van der Waals surface area contributed by atoms with Crippen LogP contribution in [0.4, 0.5) is 0 Å². The lowest BCUT2D eigenvalue weighted by molar-refractivity contribution is 0.487. The summed E-state index contributed by atoms with van der Waals surface area (Å²) >= 11 is 2.27. The van der Waals surface area contributed by atoms with Crippen LogP contribution in [-0.2, 0) is 6.54 Å². The second kappa shape index (κ2) is 5.59. The van der Waals surface area contributed by atoms with Crippen LogP contribution in [0.3, 0.4) is 0 Å². The summed E-state index contributed by atoms with van der Waals surface area (Å²) < 4.78 is 3.16. The predicted molar refractivity (Wildman–Crippen MR) is 62.7 cm³/mol. The molecule has 74 valence electrons. The third kappa shape index (κ3) is 4.08. The molecule has 0 saturated heterocycles. The van der Waals surface area contributed by atoms with Crippen LogP contribution >= 0.6 is 22.6 Å². The fourth-order valence-corrected chi connectivity index (χ4v) is 1.48. The minimum atomic E-state index is 0.606. The molecular formula is C9H16IN3. The second-order valence-electron chi connectivity index (χ2n) is 3.19. The minimum absolute atomic E-state index is 0.606. The van der Waals surface area contributed by atoms with Crippen molar-refractivity contribution >= 4 is 22.6 Å². The van der Waals surface area contributed by atoms with E-state index in [9.17, 15) is 0 Å². The van der Waals surface area contributed by atoms with Gasteiger partial charge in [-0.25, -0.2) is 0 Å². The summed E-state index contributed by atoms with van der Waals surface area (Å²) in [6, 6.07) is 0.606. The second-order valence-corrected chi connectivity index (χ2v) is 4.43. The first-order chi connectivity index (χ1) is 6.22. The van der Waals surface area contributed by atoms with Gasteiger partial charge in [0.25, 0.3) is 0 Å². The highest BCUT2D eigenvalue weighted by Crippen LogP contribution is 2.00. The van der Waals surface area contributed by atoms with Gasteiger partial charge in [0, 0.05) is 18.8 Å². The number of nitrogens with zero attached hydrogens (tertiary/aromatic N) is 2. The van der Waals surface area contributed by atoms with Crippen LogP contribution in [0.2, 0.25) is 0 Å². The monoisotopic (exact) mass is 293 g/mol. The SMILES string of the molecule is CCC(C)NCCn1cc(I)cn1. The van der Waals surface area contributed by atoms with Crippen molar-refractivity contribution in [3.63, 3.8) is 0 Å². The number of halogens is 1. The van der Waals surface area contributed by atoms with Crippen molar-refractivity contribution in [2.24, 2.45) is 0 Å². The van der Waals surface area contributed by atoms with Gasteiger partial charge in [0.15, 0.2) is 0 Å². The predicted octanol–water partition coefficient (Wildman–Crippen LogP) is 1.88. The summed E-state index contributed by atoms with van der Waals surface area (Å²) in [4.78, 5) is 0. The van der Waals surface area contributed by atoms with Crippen molar-refractivity contribution in [1.82, 2.24) is 15.1 Å². The zero-order valence-corrected chi connectivity index (χ0v) is 10.3. The van der Waals surface area contributed by atoms with E-state index in [0.29, 0.717) is 6.04 Å². The van der Waals surface area contributed by atoms with Gasteiger partial charge in [0.2, 0.25) is 0 Å². The zero-order chi connectivity index (χ0) is 9.68. The largest absolute Gasteiger partial charge is 0.312 e. The van der Waals surface area contributed by atoms with E-state index in [2.05, 4.69) is 53.1 Å². The van der Waals surface area contributed by atoms with Crippen molar-refractivity contribution in [3.05, 3.63) is 16.0 Å². The molecule has 0 aliphatic heterocycles. The Morgan fingerprint density at radius 3 is 3.00 bits per heavy atom. The highest BCUT2D eigenvalue weighted by atomic mass is 127. The minimum Gasteiger partial charge on any atom is -0.312 e. The molecule has 1 aromatic rings. The number of aromatic nitrogens is 2. The highest BCUT2D eigenvalue weighted by molar-refractivity contribution is 14.1. The van der Waals surface area contributed by atoms with Gasteiger partial charge in [0.1, 0.15) is 0 Å². The van der Waals surface area contributed by atoms with Crippen molar-refractivity contribution < 1.29 is 0 Å². The summed E-state index contributed by atoms with van der Waals surface area (Å²) in [5.41, 5.74) is 0. The maximum Gasteiger partial charge on any atom is 0.0623 e. The van der Waals surface area contributed by atoms with E-state index in [1.807, 2.05) is 10.9 Å². The van der Waals surface area contributed by atoms with Crippen molar-refractivity contribution in [2.75, 3.05) is 6.54 Å². The molecule has 1 N–H and O–H groups in total. The summed E-state index contributed by atoms with van der Waals surface area (Å²) in [5, 5.41) is 7.63. The summed E-state index contributed by atoms with van der Waals surface area (Å²) in [5.74, 6) is 0. The Balaban J connectivity index is 2.20. The number of hydrogen-bond donors (Lipinski definition) is 1. The van der Waals surface area contributed by atoms with Crippen LogP contribution in [-0.4, -0.2) is 22.4 Å². The lowest BCUT2D eigenvalue weighted by atomic mass is 10.3. The van der Waals surface area contributed by atoms with E-state index in [-0.39, 0.29) is 0 Å².